The Hall–Kier alpha value is -4.18. The highest BCUT2D eigenvalue weighted by atomic mass is 19.1. The van der Waals surface area contributed by atoms with Gasteiger partial charge in [0.05, 0.1) is 11.1 Å². The second-order valence-corrected chi connectivity index (χ2v) is 8.20. The quantitative estimate of drug-likeness (QED) is 0.270. The zero-order chi connectivity index (χ0) is 21.4. The van der Waals surface area contributed by atoms with Crippen molar-refractivity contribution in [3.63, 3.8) is 0 Å². The van der Waals surface area contributed by atoms with Crippen molar-refractivity contribution >= 4 is 54.6 Å². The molecule has 0 aliphatic rings. The van der Waals surface area contributed by atoms with Gasteiger partial charge in [-0.3, -0.25) is 4.98 Å². The van der Waals surface area contributed by atoms with E-state index in [0.717, 1.165) is 54.9 Å². The monoisotopic (exact) mass is 417 g/mol. The van der Waals surface area contributed by atoms with Crippen LogP contribution in [-0.4, -0.2) is 4.98 Å². The first-order valence-corrected chi connectivity index (χ1v) is 10.5. The summed E-state index contributed by atoms with van der Waals surface area (Å²) < 4.78 is 26.9. The van der Waals surface area contributed by atoms with Crippen LogP contribution in [0.4, 0.5) is 4.39 Å². The van der Waals surface area contributed by atoms with Gasteiger partial charge < -0.3 is 8.83 Å². The van der Waals surface area contributed by atoms with Crippen molar-refractivity contribution in [3.8, 4) is 11.3 Å². The highest BCUT2D eigenvalue weighted by Crippen LogP contribution is 2.41. The van der Waals surface area contributed by atoms with Crippen LogP contribution in [0.1, 0.15) is 5.56 Å². The van der Waals surface area contributed by atoms with Gasteiger partial charge in [-0.2, -0.15) is 0 Å². The molecule has 3 nitrogen and oxygen atoms in total. The fourth-order valence-corrected chi connectivity index (χ4v) is 4.86. The van der Waals surface area contributed by atoms with Gasteiger partial charge in [-0.25, -0.2) is 4.39 Å². The molecule has 0 radical (unpaired) electrons. The molecule has 0 aliphatic carbocycles. The van der Waals surface area contributed by atoms with E-state index >= 15 is 0 Å². The van der Waals surface area contributed by atoms with Crippen LogP contribution in [0.3, 0.4) is 0 Å². The van der Waals surface area contributed by atoms with Crippen LogP contribution in [0.5, 0.6) is 0 Å². The minimum atomic E-state index is -0.280. The maximum absolute atomic E-state index is 14.5. The minimum absolute atomic E-state index is 0.280. The van der Waals surface area contributed by atoms with Crippen LogP contribution >= 0.6 is 0 Å². The Kier molecular flexibility index (Phi) is 3.37. The van der Waals surface area contributed by atoms with E-state index in [1.165, 1.54) is 6.07 Å². The predicted molar refractivity (Wildman–Crippen MR) is 126 cm³/mol. The van der Waals surface area contributed by atoms with Crippen LogP contribution < -0.4 is 0 Å². The summed E-state index contributed by atoms with van der Waals surface area (Å²) in [7, 11) is 0. The van der Waals surface area contributed by atoms with E-state index in [2.05, 4.69) is 25.1 Å². The Balaban J connectivity index is 1.61. The van der Waals surface area contributed by atoms with Gasteiger partial charge in [0.25, 0.3) is 0 Å². The number of aromatic nitrogens is 1. The number of hydrogen-bond acceptors (Lipinski definition) is 3. The Labute approximate surface area is 181 Å². The van der Waals surface area contributed by atoms with Gasteiger partial charge in [0.2, 0.25) is 0 Å². The molecule has 0 unspecified atom stereocenters. The van der Waals surface area contributed by atoms with E-state index in [1.807, 2.05) is 36.4 Å². The molecule has 7 rings (SSSR count). The first-order chi connectivity index (χ1) is 15.7. The zero-order valence-corrected chi connectivity index (χ0v) is 17.1. The van der Waals surface area contributed by atoms with Crippen molar-refractivity contribution in [1.29, 1.82) is 0 Å². The van der Waals surface area contributed by atoms with Gasteiger partial charge in [-0.05, 0) is 55.0 Å². The molecule has 0 N–H and O–H groups in total. The average molecular weight is 417 g/mol. The molecule has 0 amide bonds. The lowest BCUT2D eigenvalue weighted by Gasteiger charge is -2.08. The number of hydrogen-bond donors (Lipinski definition) is 0. The molecule has 0 fully saturated rings. The van der Waals surface area contributed by atoms with Gasteiger partial charge >= 0.3 is 0 Å². The van der Waals surface area contributed by atoms with Gasteiger partial charge in [0.15, 0.2) is 0 Å². The third-order valence-electron chi connectivity index (χ3n) is 6.23. The molecule has 0 bridgehead atoms. The van der Waals surface area contributed by atoms with E-state index in [0.29, 0.717) is 16.6 Å². The number of pyridine rings is 1. The fourth-order valence-electron chi connectivity index (χ4n) is 4.86. The molecular formula is C28H16FNO2. The first-order valence-electron chi connectivity index (χ1n) is 10.5. The molecule has 152 valence electrons. The molecule has 7 aromatic rings. The molecule has 4 heteroatoms. The zero-order valence-electron chi connectivity index (χ0n) is 17.1. The number of rotatable bonds is 1. The fraction of sp³-hybridized carbons (Fsp3) is 0.0357. The smallest absolute Gasteiger partial charge is 0.144 e. The topological polar surface area (TPSA) is 39.2 Å². The molecule has 0 saturated heterocycles. The van der Waals surface area contributed by atoms with Crippen LogP contribution in [0.15, 0.2) is 87.8 Å². The number of aryl methyl sites for hydroxylation is 1. The summed E-state index contributed by atoms with van der Waals surface area (Å²) in [5.74, 6) is -0.280. The number of fused-ring (bicyclic) bond motifs is 8. The summed E-state index contributed by atoms with van der Waals surface area (Å²) >= 11 is 0. The van der Waals surface area contributed by atoms with E-state index in [9.17, 15) is 4.39 Å². The van der Waals surface area contributed by atoms with Gasteiger partial charge in [-0.1, -0.05) is 30.3 Å². The van der Waals surface area contributed by atoms with Crippen LogP contribution in [0, 0.1) is 12.7 Å². The molecule has 0 saturated carbocycles. The third-order valence-corrected chi connectivity index (χ3v) is 6.23. The maximum Gasteiger partial charge on any atom is 0.144 e. The standard InChI is InChI=1S/C28H16FNO2/c1-15-13-20-16-5-2-3-7-23(16)31-28(20)21(14-15)26-17-9-10-19-25-22(29)6-4-8-24(25)32-27(19)18(17)11-12-30-26/h2-14H,1H3. The summed E-state index contributed by atoms with van der Waals surface area (Å²) in [6.07, 6.45) is 1.78. The van der Waals surface area contributed by atoms with Crippen LogP contribution in [0.25, 0.3) is 65.9 Å². The third kappa shape index (κ3) is 2.26. The van der Waals surface area contributed by atoms with Crippen LogP contribution in [0.2, 0.25) is 0 Å². The number of para-hydroxylation sites is 1. The SMILES string of the molecule is Cc1cc(-c2nccc3c2ccc2c3oc3cccc(F)c32)c2oc3ccccc3c2c1. The molecule has 3 heterocycles. The highest BCUT2D eigenvalue weighted by molar-refractivity contribution is 6.18. The maximum atomic E-state index is 14.5. The molecule has 0 aliphatic heterocycles. The van der Waals surface area contributed by atoms with E-state index in [-0.39, 0.29) is 5.82 Å². The van der Waals surface area contributed by atoms with E-state index in [4.69, 9.17) is 13.8 Å². The largest absolute Gasteiger partial charge is 0.455 e. The summed E-state index contributed by atoms with van der Waals surface area (Å²) in [6.45, 7) is 2.08. The Morgan fingerprint density at radius 2 is 1.50 bits per heavy atom. The summed E-state index contributed by atoms with van der Waals surface area (Å²) in [5.41, 5.74) is 5.75. The lowest BCUT2D eigenvalue weighted by molar-refractivity contribution is 0.634. The Morgan fingerprint density at radius 3 is 2.44 bits per heavy atom. The molecule has 0 spiro atoms. The van der Waals surface area contributed by atoms with Gasteiger partial charge in [0, 0.05) is 38.7 Å². The number of nitrogens with zero attached hydrogens (tertiary/aromatic N) is 1. The molecule has 0 atom stereocenters. The molecule has 3 aromatic heterocycles. The molecule has 4 aromatic carbocycles. The lowest BCUT2D eigenvalue weighted by Crippen LogP contribution is -1.88. The van der Waals surface area contributed by atoms with E-state index in [1.54, 1.807) is 18.3 Å². The van der Waals surface area contributed by atoms with Gasteiger partial charge in [0.1, 0.15) is 28.1 Å². The minimum Gasteiger partial charge on any atom is -0.455 e. The normalized spacial score (nSPS) is 12.1. The summed E-state index contributed by atoms with van der Waals surface area (Å²) in [6, 6.07) is 23.1. The number of halogens is 1. The van der Waals surface area contributed by atoms with Crippen molar-refractivity contribution in [2.75, 3.05) is 0 Å². The second-order valence-electron chi connectivity index (χ2n) is 8.20. The number of furan rings is 2. The first kappa shape index (κ1) is 17.5. The Bertz CT molecular complexity index is 1860. The molecule has 32 heavy (non-hydrogen) atoms. The van der Waals surface area contributed by atoms with Crippen molar-refractivity contribution in [2.45, 2.75) is 6.92 Å². The van der Waals surface area contributed by atoms with Crippen molar-refractivity contribution in [2.24, 2.45) is 0 Å². The van der Waals surface area contributed by atoms with E-state index < -0.39 is 0 Å². The average Bonchev–Trinajstić information content (AvgIpc) is 3.37. The number of benzene rings is 4. The Morgan fingerprint density at radius 1 is 0.688 bits per heavy atom. The second kappa shape index (κ2) is 6.17. The summed E-state index contributed by atoms with van der Waals surface area (Å²) in [5, 5.41) is 5.27. The van der Waals surface area contributed by atoms with Crippen LogP contribution in [-0.2, 0) is 0 Å². The van der Waals surface area contributed by atoms with Gasteiger partial charge in [-0.15, -0.1) is 0 Å². The lowest BCUT2D eigenvalue weighted by atomic mass is 9.98. The van der Waals surface area contributed by atoms with Crippen molar-refractivity contribution in [1.82, 2.24) is 4.98 Å². The highest BCUT2D eigenvalue weighted by Gasteiger charge is 2.19. The summed E-state index contributed by atoms with van der Waals surface area (Å²) in [4.78, 5) is 4.74. The molecular weight excluding hydrogens is 401 g/mol. The van der Waals surface area contributed by atoms with Crippen molar-refractivity contribution in [3.05, 3.63) is 90.4 Å². The predicted octanol–water partition coefficient (Wildman–Crippen LogP) is 8.15. The van der Waals surface area contributed by atoms with Crippen molar-refractivity contribution < 1.29 is 13.2 Å².